The van der Waals surface area contributed by atoms with Gasteiger partial charge in [0.05, 0.1) is 16.0 Å². The largest absolute Gasteiger partial charge is 0.381 e. The lowest BCUT2D eigenvalue weighted by Crippen LogP contribution is -2.18. The molecular weight excluding hydrogens is 266 g/mol. The predicted molar refractivity (Wildman–Crippen MR) is 85.6 cm³/mol. The fourth-order valence-corrected chi connectivity index (χ4v) is 2.53. The maximum Gasteiger partial charge on any atom is 0.278 e. The van der Waals surface area contributed by atoms with Crippen LogP contribution in [0.1, 0.15) is 33.6 Å². The Morgan fingerprint density at radius 1 is 1.33 bits per heavy atom. The lowest BCUT2D eigenvalue weighted by Gasteiger charge is -2.19. The van der Waals surface area contributed by atoms with Crippen LogP contribution < -0.4 is 5.32 Å². The first-order valence-electron chi connectivity index (χ1n) is 7.31. The molecule has 1 aromatic heterocycles. The quantitative estimate of drug-likeness (QED) is 0.632. The van der Waals surface area contributed by atoms with Gasteiger partial charge in [-0.15, -0.1) is 0 Å². The van der Waals surface area contributed by atoms with E-state index in [0.717, 1.165) is 18.5 Å². The molecule has 0 aliphatic carbocycles. The van der Waals surface area contributed by atoms with Crippen molar-refractivity contribution in [2.75, 3.05) is 5.32 Å². The van der Waals surface area contributed by atoms with E-state index in [2.05, 4.69) is 31.1 Å². The number of pyridine rings is 1. The Hall–Kier alpha value is -2.17. The molecule has 1 heterocycles. The number of nitro benzene ring substituents is 1. The molecule has 2 atom stereocenters. The average Bonchev–Trinajstić information content (AvgIpc) is 2.47. The molecule has 0 aliphatic heterocycles. The molecule has 0 fully saturated rings. The van der Waals surface area contributed by atoms with Crippen LogP contribution in [0.2, 0.25) is 0 Å². The molecule has 5 heteroatoms. The number of rotatable bonds is 6. The van der Waals surface area contributed by atoms with Crippen molar-refractivity contribution in [1.82, 2.24) is 4.98 Å². The zero-order chi connectivity index (χ0) is 15.4. The number of nitro groups is 1. The molecule has 2 aromatic rings. The van der Waals surface area contributed by atoms with Crippen molar-refractivity contribution in [2.45, 2.75) is 39.7 Å². The minimum atomic E-state index is -0.365. The normalized spacial score (nSPS) is 13.9. The van der Waals surface area contributed by atoms with Crippen molar-refractivity contribution in [3.8, 4) is 0 Å². The Bertz CT molecular complexity index is 642. The summed E-state index contributed by atoms with van der Waals surface area (Å²) in [6.07, 6.45) is 3.86. The van der Waals surface area contributed by atoms with Crippen LogP contribution >= 0.6 is 0 Å². The molecule has 2 rings (SSSR count). The van der Waals surface area contributed by atoms with Gasteiger partial charge >= 0.3 is 0 Å². The Morgan fingerprint density at radius 3 is 2.76 bits per heavy atom. The molecule has 0 saturated heterocycles. The van der Waals surface area contributed by atoms with Crippen LogP contribution in [-0.2, 0) is 0 Å². The Morgan fingerprint density at radius 2 is 2.10 bits per heavy atom. The van der Waals surface area contributed by atoms with Crippen molar-refractivity contribution in [1.29, 1.82) is 0 Å². The van der Waals surface area contributed by atoms with Crippen molar-refractivity contribution in [3.05, 3.63) is 40.6 Å². The topological polar surface area (TPSA) is 68.1 Å². The summed E-state index contributed by atoms with van der Waals surface area (Å²) in [6.45, 7) is 6.53. The number of hydrogen-bond donors (Lipinski definition) is 1. The number of hydrogen-bond acceptors (Lipinski definition) is 4. The van der Waals surface area contributed by atoms with Crippen LogP contribution in [0.3, 0.4) is 0 Å². The minimum Gasteiger partial charge on any atom is -0.381 e. The molecule has 0 saturated carbocycles. The van der Waals surface area contributed by atoms with E-state index < -0.39 is 0 Å². The molecule has 5 nitrogen and oxygen atoms in total. The number of benzene rings is 1. The third-order valence-electron chi connectivity index (χ3n) is 3.80. The van der Waals surface area contributed by atoms with Crippen LogP contribution in [0, 0.1) is 16.0 Å². The highest BCUT2D eigenvalue weighted by Crippen LogP contribution is 2.30. The number of nitrogens with one attached hydrogen (secondary N) is 1. The zero-order valence-electron chi connectivity index (χ0n) is 12.7. The van der Waals surface area contributed by atoms with Crippen molar-refractivity contribution < 1.29 is 4.92 Å². The average molecular weight is 287 g/mol. The third-order valence-corrected chi connectivity index (χ3v) is 3.80. The van der Waals surface area contributed by atoms with E-state index in [1.54, 1.807) is 30.5 Å². The van der Waals surface area contributed by atoms with Gasteiger partial charge in [0, 0.05) is 18.3 Å². The van der Waals surface area contributed by atoms with Crippen LogP contribution in [0.5, 0.6) is 0 Å². The number of non-ortho nitro benzene ring substituents is 1. The monoisotopic (exact) mass is 287 g/mol. The van der Waals surface area contributed by atoms with Gasteiger partial charge in [0.25, 0.3) is 5.69 Å². The Kier molecular flexibility index (Phi) is 4.73. The Balaban J connectivity index is 2.33. The summed E-state index contributed by atoms with van der Waals surface area (Å²) < 4.78 is 0. The summed E-state index contributed by atoms with van der Waals surface area (Å²) >= 11 is 0. The lowest BCUT2D eigenvalue weighted by molar-refractivity contribution is -0.383. The van der Waals surface area contributed by atoms with Gasteiger partial charge in [-0.25, -0.2) is 0 Å². The molecule has 1 aromatic carbocycles. The summed E-state index contributed by atoms with van der Waals surface area (Å²) in [4.78, 5) is 15.0. The first-order valence-corrected chi connectivity index (χ1v) is 7.31. The highest BCUT2D eigenvalue weighted by Gasteiger charge is 2.16. The van der Waals surface area contributed by atoms with Crippen LogP contribution in [0.4, 0.5) is 11.4 Å². The second-order valence-electron chi connectivity index (χ2n) is 5.58. The van der Waals surface area contributed by atoms with Crippen molar-refractivity contribution in [2.24, 2.45) is 5.92 Å². The molecule has 21 heavy (non-hydrogen) atoms. The first kappa shape index (κ1) is 15.2. The summed E-state index contributed by atoms with van der Waals surface area (Å²) in [6, 6.07) is 7.06. The standard InChI is InChI=1S/C16H21N3O2/c1-4-11(2)10-12(3)18-14-7-8-15(19(20)21)13-6-5-9-17-16(13)14/h5-9,11-12,18H,4,10H2,1-3H3. The minimum absolute atomic E-state index is 0.0956. The summed E-state index contributed by atoms with van der Waals surface area (Å²) in [5, 5.41) is 15.1. The van der Waals surface area contributed by atoms with Gasteiger partial charge in [-0.05, 0) is 37.5 Å². The van der Waals surface area contributed by atoms with Gasteiger partial charge in [0.2, 0.25) is 0 Å². The van der Waals surface area contributed by atoms with E-state index in [1.165, 1.54) is 0 Å². The van der Waals surface area contributed by atoms with Gasteiger partial charge in [-0.3, -0.25) is 15.1 Å². The number of aromatic nitrogens is 1. The van der Waals surface area contributed by atoms with Crippen LogP contribution in [-0.4, -0.2) is 15.9 Å². The van der Waals surface area contributed by atoms with E-state index in [1.807, 2.05) is 0 Å². The van der Waals surface area contributed by atoms with Crippen LogP contribution in [0.15, 0.2) is 30.5 Å². The summed E-state index contributed by atoms with van der Waals surface area (Å²) in [5.41, 5.74) is 1.60. The SMILES string of the molecule is CCC(C)CC(C)Nc1ccc([N+](=O)[O-])c2cccnc12. The zero-order valence-corrected chi connectivity index (χ0v) is 12.7. The van der Waals surface area contributed by atoms with Crippen molar-refractivity contribution >= 4 is 22.3 Å². The molecule has 0 amide bonds. The molecule has 0 aliphatic rings. The van der Waals surface area contributed by atoms with Gasteiger partial charge in [-0.1, -0.05) is 20.3 Å². The molecule has 0 bridgehead atoms. The number of anilines is 1. The van der Waals surface area contributed by atoms with Crippen LogP contribution in [0.25, 0.3) is 10.9 Å². The van der Waals surface area contributed by atoms with E-state index >= 15 is 0 Å². The first-order chi connectivity index (χ1) is 10.0. The van der Waals surface area contributed by atoms with Gasteiger partial charge < -0.3 is 5.32 Å². The summed E-state index contributed by atoms with van der Waals surface area (Å²) in [5.74, 6) is 0.643. The molecule has 0 radical (unpaired) electrons. The van der Waals surface area contributed by atoms with E-state index in [9.17, 15) is 10.1 Å². The molecule has 2 unspecified atom stereocenters. The maximum absolute atomic E-state index is 11.1. The third kappa shape index (κ3) is 3.48. The number of fused-ring (bicyclic) bond motifs is 1. The second kappa shape index (κ2) is 6.52. The lowest BCUT2D eigenvalue weighted by atomic mass is 10.00. The molecule has 0 spiro atoms. The Labute approximate surface area is 124 Å². The van der Waals surface area contributed by atoms with E-state index in [0.29, 0.717) is 22.9 Å². The summed E-state index contributed by atoms with van der Waals surface area (Å²) in [7, 11) is 0. The smallest absolute Gasteiger partial charge is 0.278 e. The highest BCUT2D eigenvalue weighted by molar-refractivity contribution is 5.96. The van der Waals surface area contributed by atoms with Gasteiger partial charge in [0.1, 0.15) is 5.52 Å². The maximum atomic E-state index is 11.1. The predicted octanol–water partition coefficient (Wildman–Crippen LogP) is 4.38. The van der Waals surface area contributed by atoms with Gasteiger partial charge in [0.15, 0.2) is 0 Å². The second-order valence-corrected chi connectivity index (χ2v) is 5.58. The van der Waals surface area contributed by atoms with E-state index in [-0.39, 0.29) is 10.6 Å². The van der Waals surface area contributed by atoms with E-state index in [4.69, 9.17) is 0 Å². The molecular formula is C16H21N3O2. The molecule has 1 N–H and O–H groups in total. The highest BCUT2D eigenvalue weighted by atomic mass is 16.6. The number of nitrogens with zero attached hydrogens (tertiary/aromatic N) is 2. The fraction of sp³-hybridized carbons (Fsp3) is 0.438. The van der Waals surface area contributed by atoms with Gasteiger partial charge in [-0.2, -0.15) is 0 Å². The fourth-order valence-electron chi connectivity index (χ4n) is 2.53. The molecule has 112 valence electrons. The van der Waals surface area contributed by atoms with Crippen molar-refractivity contribution in [3.63, 3.8) is 0 Å².